The lowest BCUT2D eigenvalue weighted by Crippen LogP contribution is -2.21. The Bertz CT molecular complexity index is 555. The predicted molar refractivity (Wildman–Crippen MR) is 70.6 cm³/mol. The fraction of sp³-hybridized carbons (Fsp3) is 0.357. The van der Waals surface area contributed by atoms with E-state index in [9.17, 15) is 0 Å². The van der Waals surface area contributed by atoms with Crippen molar-refractivity contribution in [2.45, 2.75) is 32.7 Å². The molecule has 1 aromatic heterocycles. The van der Waals surface area contributed by atoms with E-state index in [1.807, 2.05) is 13.8 Å². The van der Waals surface area contributed by atoms with Crippen LogP contribution in [0, 0.1) is 13.8 Å². The molecule has 1 aliphatic rings. The number of anilines is 1. The second kappa shape index (κ2) is 4.37. The molecule has 0 unspecified atom stereocenters. The van der Waals surface area contributed by atoms with Gasteiger partial charge in [-0.15, -0.1) is 5.10 Å². The summed E-state index contributed by atoms with van der Waals surface area (Å²) in [6.45, 7) is 3.88. The first-order valence-corrected chi connectivity index (χ1v) is 6.23. The summed E-state index contributed by atoms with van der Waals surface area (Å²) in [6, 6.07) is 8.95. The Morgan fingerprint density at radius 3 is 2.28 bits per heavy atom. The number of fused-ring (bicyclic) bond motifs is 1. The van der Waals surface area contributed by atoms with Crippen molar-refractivity contribution in [3.05, 3.63) is 46.8 Å². The van der Waals surface area contributed by atoms with Crippen LogP contribution in [-0.2, 0) is 12.8 Å². The Kier molecular flexibility index (Phi) is 2.70. The Balaban J connectivity index is 1.74. The smallest absolute Gasteiger partial charge is 0.243 e. The monoisotopic (exact) mass is 240 g/mol. The molecule has 4 heteroatoms. The lowest BCUT2D eigenvalue weighted by molar-refractivity contribution is 0.748. The minimum absolute atomic E-state index is 0.381. The molecule has 0 atom stereocenters. The summed E-state index contributed by atoms with van der Waals surface area (Å²) in [5.74, 6) is 0.635. The first-order chi connectivity index (χ1) is 8.72. The van der Waals surface area contributed by atoms with Crippen molar-refractivity contribution in [2.75, 3.05) is 5.32 Å². The molecule has 1 heterocycles. The molecule has 1 aromatic carbocycles. The van der Waals surface area contributed by atoms with Gasteiger partial charge in [-0.1, -0.05) is 24.3 Å². The Morgan fingerprint density at radius 1 is 1.00 bits per heavy atom. The standard InChI is InChI=1S/C14H16N4/c1-9-10(2)17-18-14(15-9)16-13-7-11-5-3-4-6-12(11)8-13/h3-6,13H,7-8H2,1-2H3,(H,15,16,18). The second-order valence-corrected chi connectivity index (χ2v) is 4.82. The average molecular weight is 240 g/mol. The topological polar surface area (TPSA) is 50.7 Å². The van der Waals surface area contributed by atoms with Crippen LogP contribution in [0.25, 0.3) is 0 Å². The van der Waals surface area contributed by atoms with Crippen LogP contribution in [0.2, 0.25) is 0 Å². The number of benzene rings is 1. The zero-order valence-electron chi connectivity index (χ0n) is 10.6. The van der Waals surface area contributed by atoms with E-state index >= 15 is 0 Å². The molecule has 0 spiro atoms. The fourth-order valence-electron chi connectivity index (χ4n) is 2.36. The van der Waals surface area contributed by atoms with Gasteiger partial charge < -0.3 is 5.32 Å². The summed E-state index contributed by atoms with van der Waals surface area (Å²) < 4.78 is 0. The predicted octanol–water partition coefficient (Wildman–Crippen LogP) is 2.07. The van der Waals surface area contributed by atoms with Crippen molar-refractivity contribution in [3.63, 3.8) is 0 Å². The summed E-state index contributed by atoms with van der Waals surface area (Å²) in [6.07, 6.45) is 2.07. The number of rotatable bonds is 2. The van der Waals surface area contributed by atoms with E-state index in [-0.39, 0.29) is 0 Å². The van der Waals surface area contributed by atoms with E-state index in [2.05, 4.69) is 44.8 Å². The number of aryl methyl sites for hydroxylation is 2. The van der Waals surface area contributed by atoms with Gasteiger partial charge in [0.25, 0.3) is 0 Å². The van der Waals surface area contributed by atoms with Crippen molar-refractivity contribution in [1.29, 1.82) is 0 Å². The molecule has 0 bridgehead atoms. The molecule has 3 rings (SSSR count). The zero-order chi connectivity index (χ0) is 12.5. The molecule has 0 fully saturated rings. The van der Waals surface area contributed by atoms with Gasteiger partial charge in [0.1, 0.15) is 0 Å². The maximum absolute atomic E-state index is 4.41. The van der Waals surface area contributed by atoms with E-state index in [0.29, 0.717) is 12.0 Å². The van der Waals surface area contributed by atoms with Crippen LogP contribution >= 0.6 is 0 Å². The lowest BCUT2D eigenvalue weighted by Gasteiger charge is -2.11. The minimum Gasteiger partial charge on any atom is -0.350 e. The molecular weight excluding hydrogens is 224 g/mol. The van der Waals surface area contributed by atoms with Crippen LogP contribution in [0.4, 0.5) is 5.95 Å². The van der Waals surface area contributed by atoms with E-state index in [1.54, 1.807) is 0 Å². The zero-order valence-corrected chi connectivity index (χ0v) is 10.6. The van der Waals surface area contributed by atoms with Gasteiger partial charge in [0.2, 0.25) is 5.95 Å². The highest BCUT2D eigenvalue weighted by Gasteiger charge is 2.21. The highest BCUT2D eigenvalue weighted by Crippen LogP contribution is 2.23. The highest BCUT2D eigenvalue weighted by atomic mass is 15.2. The Labute approximate surface area is 106 Å². The quantitative estimate of drug-likeness (QED) is 0.873. The third-order valence-corrected chi connectivity index (χ3v) is 3.48. The normalized spacial score (nSPS) is 14.6. The number of nitrogens with zero attached hydrogens (tertiary/aromatic N) is 3. The first kappa shape index (κ1) is 11.1. The van der Waals surface area contributed by atoms with Gasteiger partial charge in [-0.2, -0.15) is 5.10 Å². The van der Waals surface area contributed by atoms with Gasteiger partial charge in [-0.3, -0.25) is 0 Å². The molecule has 0 aliphatic heterocycles. The molecular formula is C14H16N4. The third-order valence-electron chi connectivity index (χ3n) is 3.48. The Hall–Kier alpha value is -1.97. The lowest BCUT2D eigenvalue weighted by atomic mass is 10.1. The minimum atomic E-state index is 0.381. The first-order valence-electron chi connectivity index (χ1n) is 6.23. The molecule has 4 nitrogen and oxygen atoms in total. The molecule has 0 saturated heterocycles. The van der Waals surface area contributed by atoms with E-state index in [4.69, 9.17) is 0 Å². The summed E-state index contributed by atoms with van der Waals surface area (Å²) in [5, 5.41) is 11.6. The van der Waals surface area contributed by atoms with Crippen LogP contribution in [0.5, 0.6) is 0 Å². The van der Waals surface area contributed by atoms with Crippen molar-refractivity contribution in [2.24, 2.45) is 0 Å². The molecule has 0 radical (unpaired) electrons. The van der Waals surface area contributed by atoms with Gasteiger partial charge in [-0.25, -0.2) is 4.98 Å². The van der Waals surface area contributed by atoms with Crippen molar-refractivity contribution in [1.82, 2.24) is 15.2 Å². The van der Waals surface area contributed by atoms with Crippen molar-refractivity contribution < 1.29 is 0 Å². The van der Waals surface area contributed by atoms with Crippen LogP contribution in [-0.4, -0.2) is 21.2 Å². The molecule has 0 saturated carbocycles. The number of nitrogens with one attached hydrogen (secondary N) is 1. The summed E-state index contributed by atoms with van der Waals surface area (Å²) in [7, 11) is 0. The van der Waals surface area contributed by atoms with E-state index < -0.39 is 0 Å². The van der Waals surface area contributed by atoms with Crippen LogP contribution in [0.3, 0.4) is 0 Å². The SMILES string of the molecule is Cc1nnc(NC2Cc3ccccc3C2)nc1C. The Morgan fingerprint density at radius 2 is 1.67 bits per heavy atom. The molecule has 1 aliphatic carbocycles. The molecule has 18 heavy (non-hydrogen) atoms. The number of hydrogen-bond acceptors (Lipinski definition) is 4. The third kappa shape index (κ3) is 2.06. The van der Waals surface area contributed by atoms with Gasteiger partial charge in [0, 0.05) is 6.04 Å². The van der Waals surface area contributed by atoms with E-state index in [0.717, 1.165) is 24.2 Å². The van der Waals surface area contributed by atoms with Gasteiger partial charge in [0.15, 0.2) is 0 Å². The second-order valence-electron chi connectivity index (χ2n) is 4.82. The van der Waals surface area contributed by atoms with Gasteiger partial charge >= 0.3 is 0 Å². The summed E-state index contributed by atoms with van der Waals surface area (Å²) >= 11 is 0. The molecule has 92 valence electrons. The van der Waals surface area contributed by atoms with Crippen LogP contribution in [0.1, 0.15) is 22.5 Å². The summed E-state index contributed by atoms with van der Waals surface area (Å²) in [5.41, 5.74) is 4.66. The fourth-order valence-corrected chi connectivity index (χ4v) is 2.36. The van der Waals surface area contributed by atoms with Gasteiger partial charge in [0.05, 0.1) is 11.4 Å². The van der Waals surface area contributed by atoms with Crippen LogP contribution in [0.15, 0.2) is 24.3 Å². The highest BCUT2D eigenvalue weighted by molar-refractivity contribution is 5.38. The van der Waals surface area contributed by atoms with E-state index in [1.165, 1.54) is 11.1 Å². The van der Waals surface area contributed by atoms with Crippen molar-refractivity contribution >= 4 is 5.95 Å². The molecule has 2 aromatic rings. The molecule has 1 N–H and O–H groups in total. The molecule has 0 amide bonds. The maximum atomic E-state index is 4.41. The largest absolute Gasteiger partial charge is 0.350 e. The summed E-state index contributed by atoms with van der Waals surface area (Å²) in [4.78, 5) is 4.41. The number of aromatic nitrogens is 3. The number of hydrogen-bond donors (Lipinski definition) is 1. The maximum Gasteiger partial charge on any atom is 0.243 e. The van der Waals surface area contributed by atoms with Crippen LogP contribution < -0.4 is 5.32 Å². The van der Waals surface area contributed by atoms with Crippen molar-refractivity contribution in [3.8, 4) is 0 Å². The average Bonchev–Trinajstić information content (AvgIpc) is 2.76. The van der Waals surface area contributed by atoms with Gasteiger partial charge in [-0.05, 0) is 37.8 Å².